The molecule has 0 fully saturated rings. The van der Waals surface area contributed by atoms with Crippen molar-refractivity contribution < 1.29 is 4.79 Å². The topological polar surface area (TPSA) is 55.4 Å². The normalized spacial score (nSPS) is 12.4. The zero-order valence-corrected chi connectivity index (χ0v) is 6.29. The minimum atomic E-state index is -0.472. The van der Waals surface area contributed by atoms with Crippen LogP contribution in [0.15, 0.2) is 17.1 Å². The summed E-state index contributed by atoms with van der Waals surface area (Å²) in [6.07, 6.45) is 3.34. The number of nitrogens with zero attached hydrogens (tertiary/aromatic N) is 1. The minimum absolute atomic E-state index is 0.338. The minimum Gasteiger partial charge on any atom is -0.364 e. The lowest BCUT2D eigenvalue weighted by atomic mass is 10.3. The van der Waals surface area contributed by atoms with E-state index in [-0.39, 0.29) is 0 Å². The molecule has 0 aromatic rings. The summed E-state index contributed by atoms with van der Waals surface area (Å²) in [5, 5.41) is 0. The summed E-state index contributed by atoms with van der Waals surface area (Å²) >= 11 is 0. The highest BCUT2D eigenvalue weighted by molar-refractivity contribution is 6.42. The fourth-order valence-corrected chi connectivity index (χ4v) is 0.541. The van der Waals surface area contributed by atoms with Gasteiger partial charge in [0.15, 0.2) is 0 Å². The molecular weight excluding hydrogens is 128 g/mol. The fourth-order valence-electron chi connectivity index (χ4n) is 0.541. The molecule has 0 bridgehead atoms. The van der Waals surface area contributed by atoms with Crippen molar-refractivity contribution in [3.8, 4) is 0 Å². The molecule has 0 atom stereocenters. The van der Waals surface area contributed by atoms with Crippen LogP contribution >= 0.6 is 0 Å². The zero-order valence-electron chi connectivity index (χ0n) is 6.29. The van der Waals surface area contributed by atoms with E-state index in [9.17, 15) is 4.79 Å². The predicted octanol–water partition coefficient (Wildman–Crippen LogP) is 0.509. The third-order valence-corrected chi connectivity index (χ3v) is 0.905. The maximum atomic E-state index is 10.5. The molecule has 0 spiro atoms. The summed E-state index contributed by atoms with van der Waals surface area (Å²) in [5.74, 6) is -0.472. The average Bonchev–Trinajstić information content (AvgIpc) is 1.87. The Balaban J connectivity index is 4.26. The van der Waals surface area contributed by atoms with Gasteiger partial charge in [-0.2, -0.15) is 0 Å². The number of rotatable bonds is 3. The summed E-state index contributed by atoms with van der Waals surface area (Å²) < 4.78 is 0. The van der Waals surface area contributed by atoms with Crippen molar-refractivity contribution in [2.75, 3.05) is 6.54 Å². The lowest BCUT2D eigenvalue weighted by molar-refractivity contribution is -0.111. The first kappa shape index (κ1) is 8.88. The average molecular weight is 140 g/mol. The van der Waals surface area contributed by atoms with Gasteiger partial charge in [0.1, 0.15) is 5.71 Å². The molecule has 0 saturated carbocycles. The van der Waals surface area contributed by atoms with Gasteiger partial charge in [-0.25, -0.2) is 0 Å². The van der Waals surface area contributed by atoms with Crippen molar-refractivity contribution in [1.29, 1.82) is 0 Å². The van der Waals surface area contributed by atoms with Crippen LogP contribution in [0.2, 0.25) is 0 Å². The van der Waals surface area contributed by atoms with Gasteiger partial charge in [-0.05, 0) is 19.9 Å². The van der Waals surface area contributed by atoms with Gasteiger partial charge in [0, 0.05) is 6.54 Å². The van der Waals surface area contributed by atoms with Crippen molar-refractivity contribution in [3.05, 3.63) is 12.2 Å². The largest absolute Gasteiger partial charge is 0.364 e. The van der Waals surface area contributed by atoms with Crippen LogP contribution in [0.5, 0.6) is 0 Å². The predicted molar refractivity (Wildman–Crippen MR) is 42.0 cm³/mol. The summed E-state index contributed by atoms with van der Waals surface area (Å²) in [7, 11) is 0. The molecule has 2 N–H and O–H groups in total. The van der Waals surface area contributed by atoms with Gasteiger partial charge in [-0.1, -0.05) is 6.08 Å². The fraction of sp³-hybridized carbons (Fsp3) is 0.429. The Morgan fingerprint density at radius 3 is 2.60 bits per heavy atom. The Labute approximate surface area is 60.6 Å². The summed E-state index contributed by atoms with van der Waals surface area (Å²) in [4.78, 5) is 14.4. The lowest BCUT2D eigenvalue weighted by Gasteiger charge is -1.91. The molecule has 0 saturated heterocycles. The van der Waals surface area contributed by atoms with E-state index in [0.717, 1.165) is 0 Å². The molecular formula is C7H12N2O. The standard InChI is InChI=1S/C7H12N2O/c1-3-5-6(7(8)10)9-4-2/h3,5H,4H2,1-2H3,(H2,8,10)/b5-3-,9-6?. The smallest absolute Gasteiger partial charge is 0.266 e. The molecule has 0 unspecified atom stereocenters. The molecule has 0 aliphatic heterocycles. The first-order valence-electron chi connectivity index (χ1n) is 3.19. The van der Waals surface area contributed by atoms with Gasteiger partial charge in [-0.3, -0.25) is 9.79 Å². The third-order valence-electron chi connectivity index (χ3n) is 0.905. The Hall–Kier alpha value is -1.12. The highest BCUT2D eigenvalue weighted by atomic mass is 16.1. The van der Waals surface area contributed by atoms with E-state index in [0.29, 0.717) is 12.3 Å². The van der Waals surface area contributed by atoms with E-state index in [1.807, 2.05) is 13.8 Å². The number of amides is 1. The van der Waals surface area contributed by atoms with Crippen LogP contribution < -0.4 is 5.73 Å². The number of allylic oxidation sites excluding steroid dienone is 1. The highest BCUT2D eigenvalue weighted by Gasteiger charge is 1.98. The Morgan fingerprint density at radius 2 is 2.30 bits per heavy atom. The van der Waals surface area contributed by atoms with E-state index < -0.39 is 5.91 Å². The monoisotopic (exact) mass is 140 g/mol. The number of hydrogen-bond donors (Lipinski definition) is 1. The highest BCUT2D eigenvalue weighted by Crippen LogP contribution is 1.81. The van der Waals surface area contributed by atoms with Crippen molar-refractivity contribution in [1.82, 2.24) is 0 Å². The molecule has 3 heteroatoms. The van der Waals surface area contributed by atoms with Crippen LogP contribution in [0.25, 0.3) is 0 Å². The second kappa shape index (κ2) is 4.73. The van der Waals surface area contributed by atoms with E-state index in [1.54, 1.807) is 12.2 Å². The Bertz CT molecular complexity index is 170. The molecule has 0 aromatic heterocycles. The second-order valence-corrected chi connectivity index (χ2v) is 1.72. The molecule has 3 nitrogen and oxygen atoms in total. The van der Waals surface area contributed by atoms with Gasteiger partial charge < -0.3 is 5.73 Å². The molecule has 0 radical (unpaired) electrons. The van der Waals surface area contributed by atoms with Crippen molar-refractivity contribution in [2.45, 2.75) is 13.8 Å². The van der Waals surface area contributed by atoms with Crippen LogP contribution in [0, 0.1) is 0 Å². The molecule has 0 aromatic carbocycles. The molecule has 10 heavy (non-hydrogen) atoms. The van der Waals surface area contributed by atoms with Crippen LogP contribution in [0.4, 0.5) is 0 Å². The van der Waals surface area contributed by atoms with E-state index >= 15 is 0 Å². The van der Waals surface area contributed by atoms with Gasteiger partial charge in [0.25, 0.3) is 5.91 Å². The summed E-state index contributed by atoms with van der Waals surface area (Å²) in [5.41, 5.74) is 5.33. The van der Waals surface area contributed by atoms with E-state index in [2.05, 4.69) is 4.99 Å². The number of primary amides is 1. The van der Waals surface area contributed by atoms with Gasteiger partial charge in [0.05, 0.1) is 0 Å². The molecule has 0 aliphatic rings. The first-order valence-corrected chi connectivity index (χ1v) is 3.19. The molecule has 1 amide bonds. The number of nitrogens with two attached hydrogens (primary N) is 1. The summed E-state index contributed by atoms with van der Waals surface area (Å²) in [6, 6.07) is 0. The number of hydrogen-bond acceptors (Lipinski definition) is 2. The maximum absolute atomic E-state index is 10.5. The van der Waals surface area contributed by atoms with Crippen LogP contribution in [0.1, 0.15) is 13.8 Å². The second-order valence-electron chi connectivity index (χ2n) is 1.72. The first-order chi connectivity index (χ1) is 4.72. The molecule has 0 aliphatic carbocycles. The maximum Gasteiger partial charge on any atom is 0.266 e. The van der Waals surface area contributed by atoms with Crippen LogP contribution in [-0.2, 0) is 4.79 Å². The van der Waals surface area contributed by atoms with Crippen molar-refractivity contribution in [2.24, 2.45) is 10.7 Å². The van der Waals surface area contributed by atoms with Crippen molar-refractivity contribution >= 4 is 11.6 Å². The quantitative estimate of drug-likeness (QED) is 0.570. The number of carbonyl (C=O) groups excluding carboxylic acids is 1. The zero-order chi connectivity index (χ0) is 7.98. The van der Waals surface area contributed by atoms with Crippen LogP contribution in [-0.4, -0.2) is 18.2 Å². The van der Waals surface area contributed by atoms with E-state index in [4.69, 9.17) is 5.73 Å². The number of aliphatic imine (C=N–C) groups is 1. The van der Waals surface area contributed by atoms with Crippen LogP contribution in [0.3, 0.4) is 0 Å². The van der Waals surface area contributed by atoms with Gasteiger partial charge >= 0.3 is 0 Å². The third kappa shape index (κ3) is 3.02. The Morgan fingerprint density at radius 1 is 1.70 bits per heavy atom. The SMILES string of the molecule is C/C=C\C(=NCC)C(N)=O. The van der Waals surface area contributed by atoms with Gasteiger partial charge in [-0.15, -0.1) is 0 Å². The Kier molecular flexibility index (Phi) is 4.20. The molecule has 0 rings (SSSR count). The summed E-state index contributed by atoms with van der Waals surface area (Å²) in [6.45, 7) is 4.25. The van der Waals surface area contributed by atoms with E-state index in [1.165, 1.54) is 0 Å². The molecule has 56 valence electrons. The van der Waals surface area contributed by atoms with Crippen molar-refractivity contribution in [3.63, 3.8) is 0 Å². The number of carbonyl (C=O) groups is 1. The molecule has 0 heterocycles. The lowest BCUT2D eigenvalue weighted by Crippen LogP contribution is -2.21. The van der Waals surface area contributed by atoms with Gasteiger partial charge in [0.2, 0.25) is 0 Å².